The lowest BCUT2D eigenvalue weighted by molar-refractivity contribution is 0.0292. The molecule has 0 aromatic rings. The van der Waals surface area contributed by atoms with Crippen LogP contribution in [0.1, 0.15) is 26.7 Å². The van der Waals surface area contributed by atoms with Crippen molar-refractivity contribution in [2.24, 2.45) is 5.73 Å². The van der Waals surface area contributed by atoms with Crippen LogP contribution in [0.15, 0.2) is 0 Å². The largest absolute Gasteiger partial charge is 0.329 e. The van der Waals surface area contributed by atoms with Crippen LogP contribution in [0.5, 0.6) is 0 Å². The summed E-state index contributed by atoms with van der Waals surface area (Å²) < 4.78 is 0. The normalized spacial score (nSPS) is 19.7. The second kappa shape index (κ2) is 7.43. The van der Waals surface area contributed by atoms with Gasteiger partial charge in [0.1, 0.15) is 0 Å². The van der Waals surface area contributed by atoms with E-state index in [0.717, 1.165) is 25.9 Å². The molecule has 1 saturated heterocycles. The summed E-state index contributed by atoms with van der Waals surface area (Å²) in [6.07, 6.45) is 2.33. The fourth-order valence-electron chi connectivity index (χ4n) is 2.90. The number of rotatable bonds is 7. The first-order chi connectivity index (χ1) is 8.57. The Bertz CT molecular complexity index is 210. The van der Waals surface area contributed by atoms with Crippen molar-refractivity contribution in [2.45, 2.75) is 32.2 Å². The Hall–Kier alpha value is -0.160. The number of likely N-dealkylation sites (N-methyl/N-ethyl adjacent to an activating group) is 1. The van der Waals surface area contributed by atoms with Crippen LogP contribution in [-0.2, 0) is 0 Å². The van der Waals surface area contributed by atoms with Crippen LogP contribution >= 0.6 is 0 Å². The topological polar surface area (TPSA) is 35.7 Å². The molecule has 4 heteroatoms. The van der Waals surface area contributed by atoms with Gasteiger partial charge >= 0.3 is 0 Å². The van der Waals surface area contributed by atoms with Crippen LogP contribution in [-0.4, -0.2) is 80.1 Å². The van der Waals surface area contributed by atoms with Gasteiger partial charge in [0, 0.05) is 51.4 Å². The first kappa shape index (κ1) is 15.9. The van der Waals surface area contributed by atoms with Gasteiger partial charge in [-0.2, -0.15) is 0 Å². The smallest absolute Gasteiger partial charge is 0.0327 e. The zero-order valence-electron chi connectivity index (χ0n) is 12.8. The van der Waals surface area contributed by atoms with Crippen LogP contribution in [0.25, 0.3) is 0 Å². The summed E-state index contributed by atoms with van der Waals surface area (Å²) in [5.41, 5.74) is 6.27. The molecule has 0 aromatic carbocycles. The monoisotopic (exact) mass is 256 g/mol. The van der Waals surface area contributed by atoms with Crippen molar-refractivity contribution in [2.75, 3.05) is 59.9 Å². The molecule has 0 unspecified atom stereocenters. The molecule has 0 bridgehead atoms. The second-order valence-corrected chi connectivity index (χ2v) is 5.77. The maximum absolute atomic E-state index is 6.03. The van der Waals surface area contributed by atoms with Gasteiger partial charge in [-0.15, -0.1) is 0 Å². The van der Waals surface area contributed by atoms with Gasteiger partial charge in [-0.3, -0.25) is 9.80 Å². The molecular formula is C14H32N4. The molecular weight excluding hydrogens is 224 g/mol. The Morgan fingerprint density at radius 2 is 1.61 bits per heavy atom. The molecule has 1 aliphatic rings. The molecule has 1 rings (SSSR count). The minimum absolute atomic E-state index is 0.244. The predicted octanol–water partition coefficient (Wildman–Crippen LogP) is 0.683. The Kier molecular flexibility index (Phi) is 6.57. The average Bonchev–Trinajstić information content (AvgIpc) is 2.40. The predicted molar refractivity (Wildman–Crippen MR) is 78.9 cm³/mol. The molecule has 0 radical (unpaired) electrons. The molecule has 1 aliphatic heterocycles. The lowest BCUT2D eigenvalue weighted by Crippen LogP contribution is -2.60. The molecule has 2 N–H and O–H groups in total. The molecule has 108 valence electrons. The molecule has 0 atom stereocenters. The summed E-state index contributed by atoms with van der Waals surface area (Å²) in [6, 6.07) is 0. The second-order valence-electron chi connectivity index (χ2n) is 5.77. The molecule has 0 aliphatic carbocycles. The lowest BCUT2D eigenvalue weighted by atomic mass is 9.90. The summed E-state index contributed by atoms with van der Waals surface area (Å²) >= 11 is 0. The van der Waals surface area contributed by atoms with Crippen LogP contribution in [0, 0.1) is 0 Å². The molecule has 0 saturated carbocycles. The summed E-state index contributed by atoms with van der Waals surface area (Å²) in [7, 11) is 4.29. The fraction of sp³-hybridized carbons (Fsp3) is 1.00. The summed E-state index contributed by atoms with van der Waals surface area (Å²) in [4.78, 5) is 7.46. The number of piperazine rings is 1. The Labute approximate surface area is 113 Å². The van der Waals surface area contributed by atoms with Crippen molar-refractivity contribution in [3.05, 3.63) is 0 Å². The van der Waals surface area contributed by atoms with Crippen LogP contribution in [0.3, 0.4) is 0 Å². The van der Waals surface area contributed by atoms with Gasteiger partial charge in [0.15, 0.2) is 0 Å². The van der Waals surface area contributed by atoms with E-state index in [1.54, 1.807) is 0 Å². The number of nitrogens with zero attached hydrogens (tertiary/aromatic N) is 3. The average molecular weight is 256 g/mol. The Morgan fingerprint density at radius 3 is 2.00 bits per heavy atom. The van der Waals surface area contributed by atoms with E-state index in [0.29, 0.717) is 0 Å². The van der Waals surface area contributed by atoms with E-state index in [9.17, 15) is 0 Å². The van der Waals surface area contributed by atoms with Crippen LogP contribution < -0.4 is 5.73 Å². The van der Waals surface area contributed by atoms with Gasteiger partial charge in [0.2, 0.25) is 0 Å². The molecule has 0 aromatic heterocycles. The SMILES string of the molecule is CCC(CC)(CN)N1CCN(CCN(C)C)CC1. The van der Waals surface area contributed by atoms with E-state index < -0.39 is 0 Å². The molecule has 1 fully saturated rings. The van der Waals surface area contributed by atoms with Crippen molar-refractivity contribution >= 4 is 0 Å². The minimum atomic E-state index is 0.244. The molecule has 0 amide bonds. The zero-order chi connectivity index (χ0) is 13.6. The van der Waals surface area contributed by atoms with Crippen molar-refractivity contribution in [1.29, 1.82) is 0 Å². The number of hydrogen-bond acceptors (Lipinski definition) is 4. The standard InChI is InChI=1S/C14H32N4/c1-5-14(6-2,13-15)18-11-9-17(10-12-18)8-7-16(3)4/h5-13,15H2,1-4H3. The minimum Gasteiger partial charge on any atom is -0.329 e. The third kappa shape index (κ3) is 3.92. The van der Waals surface area contributed by atoms with E-state index in [2.05, 4.69) is 42.6 Å². The lowest BCUT2D eigenvalue weighted by Gasteiger charge is -2.47. The highest BCUT2D eigenvalue weighted by molar-refractivity contribution is 4.92. The third-order valence-corrected chi connectivity index (χ3v) is 4.60. The van der Waals surface area contributed by atoms with Crippen molar-refractivity contribution in [3.63, 3.8) is 0 Å². The molecule has 0 spiro atoms. The quantitative estimate of drug-likeness (QED) is 0.727. The third-order valence-electron chi connectivity index (χ3n) is 4.60. The van der Waals surface area contributed by atoms with Crippen LogP contribution in [0.2, 0.25) is 0 Å². The van der Waals surface area contributed by atoms with Gasteiger partial charge in [0.05, 0.1) is 0 Å². The zero-order valence-corrected chi connectivity index (χ0v) is 12.8. The highest BCUT2D eigenvalue weighted by Gasteiger charge is 2.33. The van der Waals surface area contributed by atoms with Gasteiger partial charge in [-0.1, -0.05) is 13.8 Å². The summed E-state index contributed by atoms with van der Waals surface area (Å²) in [5, 5.41) is 0. The first-order valence-electron chi connectivity index (χ1n) is 7.40. The first-order valence-corrected chi connectivity index (χ1v) is 7.40. The maximum Gasteiger partial charge on any atom is 0.0327 e. The van der Waals surface area contributed by atoms with E-state index in [1.807, 2.05) is 0 Å². The molecule has 18 heavy (non-hydrogen) atoms. The number of nitrogens with two attached hydrogens (primary N) is 1. The van der Waals surface area contributed by atoms with Gasteiger partial charge in [-0.25, -0.2) is 0 Å². The van der Waals surface area contributed by atoms with E-state index >= 15 is 0 Å². The number of hydrogen-bond donors (Lipinski definition) is 1. The van der Waals surface area contributed by atoms with Crippen molar-refractivity contribution < 1.29 is 0 Å². The maximum atomic E-state index is 6.03. The van der Waals surface area contributed by atoms with E-state index in [4.69, 9.17) is 5.73 Å². The Balaban J connectivity index is 2.42. The van der Waals surface area contributed by atoms with Crippen LogP contribution in [0.4, 0.5) is 0 Å². The van der Waals surface area contributed by atoms with Crippen molar-refractivity contribution in [1.82, 2.24) is 14.7 Å². The van der Waals surface area contributed by atoms with Gasteiger partial charge < -0.3 is 10.6 Å². The highest BCUT2D eigenvalue weighted by Crippen LogP contribution is 2.24. The highest BCUT2D eigenvalue weighted by atomic mass is 15.3. The molecule has 4 nitrogen and oxygen atoms in total. The van der Waals surface area contributed by atoms with E-state index in [1.165, 1.54) is 32.7 Å². The summed E-state index contributed by atoms with van der Waals surface area (Å²) in [6.45, 7) is 12.4. The van der Waals surface area contributed by atoms with Gasteiger partial charge in [0.25, 0.3) is 0 Å². The summed E-state index contributed by atoms with van der Waals surface area (Å²) in [5.74, 6) is 0. The Morgan fingerprint density at radius 1 is 1.06 bits per heavy atom. The van der Waals surface area contributed by atoms with E-state index in [-0.39, 0.29) is 5.54 Å². The van der Waals surface area contributed by atoms with Gasteiger partial charge in [-0.05, 0) is 26.9 Å². The molecule has 1 heterocycles. The fourth-order valence-corrected chi connectivity index (χ4v) is 2.90. The van der Waals surface area contributed by atoms with Crippen molar-refractivity contribution in [3.8, 4) is 0 Å².